The van der Waals surface area contributed by atoms with Gasteiger partial charge in [0, 0.05) is 5.56 Å². The van der Waals surface area contributed by atoms with Crippen LogP contribution in [-0.4, -0.2) is 0 Å². The molecule has 0 heterocycles. The molecule has 2 rings (SSSR count). The molecule has 0 bridgehead atoms. The number of hydrogen-bond acceptors (Lipinski definition) is 2. The molecule has 0 amide bonds. The standard InChI is InChI=1S/C19H21NO/c1-19(2,3)17-9-10-18(16(13-17)11-12-20)21-14-15-7-5-4-6-8-15/h4-10,13H,11,14H2,1-3H3. The third kappa shape index (κ3) is 4.10. The maximum atomic E-state index is 9.02. The van der Waals surface area contributed by atoms with E-state index in [0.29, 0.717) is 13.0 Å². The van der Waals surface area contributed by atoms with Crippen molar-refractivity contribution in [2.45, 2.75) is 39.2 Å². The number of hydrogen-bond donors (Lipinski definition) is 0. The minimum atomic E-state index is 0.0716. The molecule has 2 aromatic carbocycles. The zero-order valence-electron chi connectivity index (χ0n) is 12.9. The van der Waals surface area contributed by atoms with Crippen LogP contribution in [0.2, 0.25) is 0 Å². The maximum Gasteiger partial charge on any atom is 0.124 e. The number of nitriles is 1. The summed E-state index contributed by atoms with van der Waals surface area (Å²) in [5.74, 6) is 0.799. The lowest BCUT2D eigenvalue weighted by Crippen LogP contribution is -2.11. The van der Waals surface area contributed by atoms with E-state index in [4.69, 9.17) is 10.00 Å². The van der Waals surface area contributed by atoms with Crippen LogP contribution in [0.25, 0.3) is 0 Å². The molecule has 0 aliphatic rings. The Morgan fingerprint density at radius 2 is 1.76 bits per heavy atom. The number of ether oxygens (including phenoxy) is 1. The predicted molar refractivity (Wildman–Crippen MR) is 85.2 cm³/mol. The van der Waals surface area contributed by atoms with Crippen LogP contribution in [0.4, 0.5) is 0 Å². The van der Waals surface area contributed by atoms with E-state index >= 15 is 0 Å². The van der Waals surface area contributed by atoms with E-state index in [-0.39, 0.29) is 5.41 Å². The van der Waals surface area contributed by atoms with Crippen LogP contribution in [0.15, 0.2) is 48.5 Å². The summed E-state index contributed by atoms with van der Waals surface area (Å²) in [6.45, 7) is 7.03. The molecule has 2 heteroatoms. The molecule has 0 aliphatic heterocycles. The molecule has 0 aliphatic carbocycles. The van der Waals surface area contributed by atoms with Crippen LogP contribution in [0.3, 0.4) is 0 Å². The van der Waals surface area contributed by atoms with Gasteiger partial charge in [-0.15, -0.1) is 0 Å². The first kappa shape index (κ1) is 15.1. The van der Waals surface area contributed by atoms with Crippen LogP contribution in [-0.2, 0) is 18.4 Å². The van der Waals surface area contributed by atoms with Gasteiger partial charge in [-0.2, -0.15) is 5.26 Å². The first-order chi connectivity index (χ1) is 10.0. The molecule has 0 radical (unpaired) electrons. The highest BCUT2D eigenvalue weighted by molar-refractivity contribution is 5.41. The summed E-state index contributed by atoms with van der Waals surface area (Å²) < 4.78 is 5.89. The van der Waals surface area contributed by atoms with Gasteiger partial charge in [0.05, 0.1) is 12.5 Å². The van der Waals surface area contributed by atoms with Crippen LogP contribution in [0, 0.1) is 11.3 Å². The molecule has 0 aromatic heterocycles. The van der Waals surface area contributed by atoms with E-state index in [9.17, 15) is 0 Å². The quantitative estimate of drug-likeness (QED) is 0.817. The Labute approximate surface area is 127 Å². The molecule has 0 N–H and O–H groups in total. The van der Waals surface area contributed by atoms with E-state index in [1.807, 2.05) is 36.4 Å². The van der Waals surface area contributed by atoms with E-state index in [0.717, 1.165) is 16.9 Å². The monoisotopic (exact) mass is 279 g/mol. The van der Waals surface area contributed by atoms with Crippen LogP contribution < -0.4 is 4.74 Å². The van der Waals surface area contributed by atoms with Crippen molar-refractivity contribution in [3.8, 4) is 11.8 Å². The summed E-state index contributed by atoms with van der Waals surface area (Å²) in [6, 6.07) is 18.4. The Morgan fingerprint density at radius 1 is 1.05 bits per heavy atom. The summed E-state index contributed by atoms with van der Waals surface area (Å²) in [6.07, 6.45) is 0.369. The van der Waals surface area contributed by atoms with Crippen LogP contribution >= 0.6 is 0 Å². The average molecular weight is 279 g/mol. The lowest BCUT2D eigenvalue weighted by Gasteiger charge is -2.21. The fraction of sp³-hybridized carbons (Fsp3) is 0.316. The molecule has 2 aromatic rings. The highest BCUT2D eigenvalue weighted by Crippen LogP contribution is 2.28. The smallest absolute Gasteiger partial charge is 0.124 e. The SMILES string of the molecule is CC(C)(C)c1ccc(OCc2ccccc2)c(CC#N)c1. The van der Waals surface area contributed by atoms with Gasteiger partial charge >= 0.3 is 0 Å². The topological polar surface area (TPSA) is 33.0 Å². The van der Waals surface area contributed by atoms with Crippen LogP contribution in [0.1, 0.15) is 37.5 Å². The number of benzene rings is 2. The van der Waals surface area contributed by atoms with E-state index in [2.05, 4.69) is 39.0 Å². The minimum Gasteiger partial charge on any atom is -0.489 e. The summed E-state index contributed by atoms with van der Waals surface area (Å²) in [5, 5.41) is 9.02. The molecule has 21 heavy (non-hydrogen) atoms. The molecule has 0 spiro atoms. The van der Waals surface area contributed by atoms with Gasteiger partial charge < -0.3 is 4.74 Å². The Morgan fingerprint density at radius 3 is 2.38 bits per heavy atom. The zero-order valence-corrected chi connectivity index (χ0v) is 12.9. The average Bonchev–Trinajstić information content (AvgIpc) is 2.46. The van der Waals surface area contributed by atoms with Gasteiger partial charge in [-0.3, -0.25) is 0 Å². The first-order valence-electron chi connectivity index (χ1n) is 7.18. The summed E-state index contributed by atoms with van der Waals surface area (Å²) in [4.78, 5) is 0. The normalized spacial score (nSPS) is 11.0. The molecule has 0 saturated heterocycles. The Kier molecular flexibility index (Phi) is 4.65. The minimum absolute atomic E-state index is 0.0716. The Hall–Kier alpha value is -2.27. The second-order valence-electron chi connectivity index (χ2n) is 6.18. The lowest BCUT2D eigenvalue weighted by molar-refractivity contribution is 0.303. The van der Waals surface area contributed by atoms with Crippen molar-refractivity contribution in [2.75, 3.05) is 0 Å². The molecular weight excluding hydrogens is 258 g/mol. The van der Waals surface area contributed by atoms with Gasteiger partial charge in [0.25, 0.3) is 0 Å². The highest BCUT2D eigenvalue weighted by Gasteiger charge is 2.16. The van der Waals surface area contributed by atoms with E-state index in [1.165, 1.54) is 5.56 Å². The summed E-state index contributed by atoms with van der Waals surface area (Å²) in [5.41, 5.74) is 3.38. The van der Waals surface area contributed by atoms with Gasteiger partial charge in [0.15, 0.2) is 0 Å². The highest BCUT2D eigenvalue weighted by atomic mass is 16.5. The van der Waals surface area contributed by atoms with Crippen molar-refractivity contribution in [3.63, 3.8) is 0 Å². The Bertz CT molecular complexity index is 633. The van der Waals surface area contributed by atoms with Gasteiger partial charge in [-0.25, -0.2) is 0 Å². The van der Waals surface area contributed by atoms with Gasteiger partial charge in [-0.1, -0.05) is 63.2 Å². The largest absolute Gasteiger partial charge is 0.489 e. The Balaban J connectivity index is 2.21. The van der Waals surface area contributed by atoms with Crippen molar-refractivity contribution in [1.29, 1.82) is 5.26 Å². The molecule has 0 atom stereocenters. The first-order valence-corrected chi connectivity index (χ1v) is 7.18. The van der Waals surface area contributed by atoms with E-state index in [1.54, 1.807) is 0 Å². The fourth-order valence-electron chi connectivity index (χ4n) is 2.15. The molecule has 2 nitrogen and oxygen atoms in total. The zero-order chi connectivity index (χ0) is 15.3. The second-order valence-corrected chi connectivity index (χ2v) is 6.18. The molecule has 0 fully saturated rings. The third-order valence-corrected chi connectivity index (χ3v) is 3.43. The molecule has 0 unspecified atom stereocenters. The van der Waals surface area contributed by atoms with Crippen molar-refractivity contribution < 1.29 is 4.74 Å². The van der Waals surface area contributed by atoms with Gasteiger partial charge in [0.2, 0.25) is 0 Å². The summed E-state index contributed by atoms with van der Waals surface area (Å²) >= 11 is 0. The van der Waals surface area contributed by atoms with Gasteiger partial charge in [0.1, 0.15) is 12.4 Å². The fourth-order valence-corrected chi connectivity index (χ4v) is 2.15. The maximum absolute atomic E-state index is 9.02. The van der Waals surface area contributed by atoms with Gasteiger partial charge in [-0.05, 0) is 22.6 Å². The van der Waals surface area contributed by atoms with Crippen LogP contribution in [0.5, 0.6) is 5.75 Å². The molecule has 108 valence electrons. The van der Waals surface area contributed by atoms with Crippen molar-refractivity contribution in [2.24, 2.45) is 0 Å². The molecular formula is C19H21NO. The van der Waals surface area contributed by atoms with Crippen molar-refractivity contribution in [3.05, 3.63) is 65.2 Å². The predicted octanol–water partition coefficient (Wildman–Crippen LogP) is 4.63. The number of nitrogens with zero attached hydrogens (tertiary/aromatic N) is 1. The second kappa shape index (κ2) is 6.45. The summed E-state index contributed by atoms with van der Waals surface area (Å²) in [7, 11) is 0. The lowest BCUT2D eigenvalue weighted by atomic mass is 9.86. The number of rotatable bonds is 4. The third-order valence-electron chi connectivity index (χ3n) is 3.43. The molecule has 0 saturated carbocycles. The van der Waals surface area contributed by atoms with E-state index < -0.39 is 0 Å². The van der Waals surface area contributed by atoms with Crippen molar-refractivity contribution >= 4 is 0 Å². The van der Waals surface area contributed by atoms with Crippen molar-refractivity contribution in [1.82, 2.24) is 0 Å².